The SMILES string of the molecule is NS(=O)(=O)c1cc(-c2nc3ccccc3s2)cs1. The normalized spacial score (nSPS) is 12.1. The Kier molecular flexibility index (Phi) is 2.70. The van der Waals surface area contributed by atoms with Crippen molar-refractivity contribution < 1.29 is 8.42 Å². The lowest BCUT2D eigenvalue weighted by molar-refractivity contribution is 0.600. The van der Waals surface area contributed by atoms with E-state index in [9.17, 15) is 8.42 Å². The number of fused-ring (bicyclic) bond motifs is 1. The Morgan fingerprint density at radius 1 is 1.22 bits per heavy atom. The largest absolute Gasteiger partial charge is 0.247 e. The lowest BCUT2D eigenvalue weighted by atomic mass is 10.3. The summed E-state index contributed by atoms with van der Waals surface area (Å²) in [6.45, 7) is 0. The van der Waals surface area contributed by atoms with Crippen molar-refractivity contribution in [1.29, 1.82) is 0 Å². The molecule has 0 radical (unpaired) electrons. The number of thiazole rings is 1. The van der Waals surface area contributed by atoms with Gasteiger partial charge < -0.3 is 0 Å². The fourth-order valence-electron chi connectivity index (χ4n) is 1.57. The van der Waals surface area contributed by atoms with E-state index < -0.39 is 10.0 Å². The summed E-state index contributed by atoms with van der Waals surface area (Å²) in [5.41, 5.74) is 1.71. The third-order valence-electron chi connectivity index (χ3n) is 2.40. The van der Waals surface area contributed by atoms with Crippen LogP contribution in [0.25, 0.3) is 20.8 Å². The summed E-state index contributed by atoms with van der Waals surface area (Å²) in [7, 11) is -3.62. The third-order valence-corrected chi connectivity index (χ3v) is 5.87. The number of hydrogen-bond donors (Lipinski definition) is 1. The average molecular weight is 296 g/mol. The van der Waals surface area contributed by atoms with Crippen LogP contribution in [0, 0.1) is 0 Å². The van der Waals surface area contributed by atoms with Crippen LogP contribution in [0.3, 0.4) is 0 Å². The van der Waals surface area contributed by atoms with E-state index in [1.54, 1.807) is 11.4 Å². The highest BCUT2D eigenvalue weighted by Gasteiger charge is 2.14. The molecule has 2 N–H and O–H groups in total. The van der Waals surface area contributed by atoms with E-state index >= 15 is 0 Å². The zero-order valence-corrected chi connectivity index (χ0v) is 11.5. The van der Waals surface area contributed by atoms with Crippen LogP contribution in [0.15, 0.2) is 39.9 Å². The first kappa shape index (κ1) is 11.8. The molecule has 3 rings (SSSR count). The first-order valence-electron chi connectivity index (χ1n) is 5.01. The van der Waals surface area contributed by atoms with Crippen LogP contribution in [0.2, 0.25) is 0 Å². The Labute approximate surface area is 112 Å². The van der Waals surface area contributed by atoms with Crippen molar-refractivity contribution in [3.63, 3.8) is 0 Å². The molecule has 92 valence electrons. The van der Waals surface area contributed by atoms with Gasteiger partial charge in [-0.05, 0) is 18.2 Å². The number of sulfonamides is 1. The Morgan fingerprint density at radius 3 is 2.67 bits per heavy atom. The van der Waals surface area contributed by atoms with Gasteiger partial charge in [0.25, 0.3) is 0 Å². The summed E-state index contributed by atoms with van der Waals surface area (Å²) >= 11 is 2.65. The second-order valence-electron chi connectivity index (χ2n) is 3.69. The average Bonchev–Trinajstić information content (AvgIpc) is 2.94. The van der Waals surface area contributed by atoms with Crippen molar-refractivity contribution in [2.24, 2.45) is 5.14 Å². The number of nitrogens with zero attached hydrogens (tertiary/aromatic N) is 1. The molecule has 7 heteroatoms. The maximum Gasteiger partial charge on any atom is 0.247 e. The van der Waals surface area contributed by atoms with Gasteiger partial charge in [-0.25, -0.2) is 18.5 Å². The molecule has 0 aliphatic heterocycles. The molecule has 2 heterocycles. The van der Waals surface area contributed by atoms with Gasteiger partial charge in [-0.1, -0.05) is 12.1 Å². The van der Waals surface area contributed by atoms with Gasteiger partial charge in [-0.2, -0.15) is 0 Å². The first-order valence-corrected chi connectivity index (χ1v) is 8.25. The van der Waals surface area contributed by atoms with E-state index in [0.29, 0.717) is 0 Å². The molecule has 0 unspecified atom stereocenters. The van der Waals surface area contributed by atoms with Gasteiger partial charge >= 0.3 is 0 Å². The van der Waals surface area contributed by atoms with Gasteiger partial charge in [-0.3, -0.25) is 0 Å². The van der Waals surface area contributed by atoms with Gasteiger partial charge in [0.05, 0.1) is 10.2 Å². The molecule has 0 saturated heterocycles. The number of para-hydroxylation sites is 1. The molecule has 0 bridgehead atoms. The van der Waals surface area contributed by atoms with Gasteiger partial charge in [0, 0.05) is 10.9 Å². The molecule has 0 amide bonds. The van der Waals surface area contributed by atoms with Gasteiger partial charge in [0.2, 0.25) is 10.0 Å². The highest BCUT2D eigenvalue weighted by atomic mass is 32.2. The number of thiophene rings is 1. The molecule has 2 aromatic heterocycles. The van der Waals surface area contributed by atoms with Crippen LogP contribution in [-0.2, 0) is 10.0 Å². The molecule has 0 atom stereocenters. The van der Waals surface area contributed by atoms with E-state index in [-0.39, 0.29) is 4.21 Å². The van der Waals surface area contributed by atoms with E-state index in [1.807, 2.05) is 24.3 Å². The zero-order valence-electron chi connectivity index (χ0n) is 9.03. The summed E-state index contributed by atoms with van der Waals surface area (Å²) in [5, 5.41) is 7.66. The summed E-state index contributed by atoms with van der Waals surface area (Å²) < 4.78 is 23.7. The van der Waals surface area contributed by atoms with Gasteiger partial charge in [-0.15, -0.1) is 22.7 Å². The molecule has 4 nitrogen and oxygen atoms in total. The van der Waals surface area contributed by atoms with Crippen LogP contribution in [0.5, 0.6) is 0 Å². The predicted octanol–water partition coefficient (Wildman–Crippen LogP) is 2.67. The van der Waals surface area contributed by atoms with Crippen molar-refractivity contribution in [3.8, 4) is 10.6 Å². The Morgan fingerprint density at radius 2 is 2.00 bits per heavy atom. The van der Waals surface area contributed by atoms with Crippen LogP contribution in [0.1, 0.15) is 0 Å². The molecule has 0 saturated carbocycles. The number of hydrogen-bond acceptors (Lipinski definition) is 5. The molecule has 0 aliphatic rings. The highest BCUT2D eigenvalue weighted by molar-refractivity contribution is 7.91. The topological polar surface area (TPSA) is 73.1 Å². The third kappa shape index (κ3) is 2.05. The van der Waals surface area contributed by atoms with E-state index in [4.69, 9.17) is 5.14 Å². The van der Waals surface area contributed by atoms with E-state index in [2.05, 4.69) is 4.98 Å². The number of aromatic nitrogens is 1. The summed E-state index contributed by atoms with van der Waals surface area (Å²) in [6, 6.07) is 9.37. The summed E-state index contributed by atoms with van der Waals surface area (Å²) in [4.78, 5) is 4.47. The second-order valence-corrected chi connectivity index (χ2v) is 7.42. The molecule has 0 fully saturated rings. The van der Waals surface area contributed by atoms with Crippen LogP contribution in [-0.4, -0.2) is 13.4 Å². The smallest absolute Gasteiger partial charge is 0.236 e. The number of benzene rings is 1. The molecule has 18 heavy (non-hydrogen) atoms. The van der Waals surface area contributed by atoms with Crippen LogP contribution in [0.4, 0.5) is 0 Å². The van der Waals surface area contributed by atoms with Gasteiger partial charge in [0.15, 0.2) is 0 Å². The van der Waals surface area contributed by atoms with Crippen molar-refractivity contribution in [2.75, 3.05) is 0 Å². The molecular formula is C11H8N2O2S3. The molecule has 3 aromatic rings. The minimum Gasteiger partial charge on any atom is -0.236 e. The fraction of sp³-hybridized carbons (Fsp3) is 0. The maximum atomic E-state index is 11.2. The Balaban J connectivity index is 2.12. The van der Waals surface area contributed by atoms with Crippen LogP contribution >= 0.6 is 22.7 Å². The lowest BCUT2D eigenvalue weighted by Crippen LogP contribution is -2.09. The first-order chi connectivity index (χ1) is 8.54. The van der Waals surface area contributed by atoms with Crippen molar-refractivity contribution in [1.82, 2.24) is 4.98 Å². The van der Waals surface area contributed by atoms with Crippen LogP contribution < -0.4 is 5.14 Å². The number of rotatable bonds is 2. The maximum absolute atomic E-state index is 11.2. The predicted molar refractivity (Wildman–Crippen MR) is 74.3 cm³/mol. The van der Waals surface area contributed by atoms with Gasteiger partial charge in [0.1, 0.15) is 9.22 Å². The van der Waals surface area contributed by atoms with Crippen molar-refractivity contribution >= 4 is 42.9 Å². The standard InChI is InChI=1S/C11H8N2O2S3/c12-18(14,15)10-5-7(6-16-10)11-13-8-3-1-2-4-9(8)17-11/h1-6H,(H2,12,14,15). The number of primary sulfonamides is 1. The van der Waals surface area contributed by atoms with Crippen molar-refractivity contribution in [2.45, 2.75) is 4.21 Å². The van der Waals surface area contributed by atoms with Crippen molar-refractivity contribution in [3.05, 3.63) is 35.7 Å². The summed E-state index contributed by atoms with van der Waals surface area (Å²) in [6.07, 6.45) is 0. The fourth-order valence-corrected chi connectivity index (χ4v) is 4.19. The minimum absolute atomic E-state index is 0.164. The molecule has 0 spiro atoms. The second kappa shape index (κ2) is 4.13. The Bertz CT molecular complexity index is 785. The minimum atomic E-state index is -3.62. The molecule has 0 aliphatic carbocycles. The van der Waals surface area contributed by atoms with E-state index in [0.717, 1.165) is 32.1 Å². The molecule has 1 aromatic carbocycles. The monoisotopic (exact) mass is 296 g/mol. The number of nitrogens with two attached hydrogens (primary N) is 1. The lowest BCUT2D eigenvalue weighted by Gasteiger charge is -1.89. The Hall–Kier alpha value is -1.28. The highest BCUT2D eigenvalue weighted by Crippen LogP contribution is 2.33. The van der Waals surface area contributed by atoms with E-state index in [1.165, 1.54) is 11.3 Å². The quantitative estimate of drug-likeness (QED) is 0.790. The zero-order chi connectivity index (χ0) is 12.8. The summed E-state index contributed by atoms with van der Waals surface area (Å²) in [5.74, 6) is 0. The molecular weight excluding hydrogens is 288 g/mol.